The summed E-state index contributed by atoms with van der Waals surface area (Å²) < 4.78 is 36.1. The molecule has 0 radical (unpaired) electrons. The van der Waals surface area contributed by atoms with E-state index in [1.165, 1.54) is 27.7 Å². The molecule has 0 spiro atoms. The number of hydrogen-bond acceptors (Lipinski definition) is 10. The molecule has 5 unspecified atom stereocenters. The lowest BCUT2D eigenvalue weighted by Crippen LogP contribution is -2.78. The zero-order valence-corrected chi connectivity index (χ0v) is 23.5. The number of amides is 3. The summed E-state index contributed by atoms with van der Waals surface area (Å²) in [5.74, 6) is -10.6. The van der Waals surface area contributed by atoms with Crippen LogP contribution in [0.2, 0.25) is 0 Å². The van der Waals surface area contributed by atoms with Crippen LogP contribution in [0.3, 0.4) is 0 Å². The maximum Gasteiger partial charge on any atom is 0.260 e. The van der Waals surface area contributed by atoms with Gasteiger partial charge in [-0.15, -0.1) is 0 Å². The molecule has 3 amide bonds. The molecule has 1 aliphatic carbocycles. The molecule has 0 aromatic carbocycles. The van der Waals surface area contributed by atoms with Crippen molar-refractivity contribution in [3.8, 4) is 0 Å². The summed E-state index contributed by atoms with van der Waals surface area (Å²) in [6, 6.07) is -6.49. The van der Waals surface area contributed by atoms with Gasteiger partial charge in [0.15, 0.2) is 23.3 Å². The number of carbonyl (C=O) groups is 6. The third-order valence-electron chi connectivity index (χ3n) is 7.76. The summed E-state index contributed by atoms with van der Waals surface area (Å²) in [5, 5.41) is 15.1. The number of alkyl halides is 2. The number of nitrogens with one attached hydrogen (secondary N) is 2. The van der Waals surface area contributed by atoms with Gasteiger partial charge in [0.25, 0.3) is 11.8 Å². The number of carbonyl (C=O) groups excluding carboxylic acids is 6. The normalized spacial score (nSPS) is 28.1. The van der Waals surface area contributed by atoms with Crippen LogP contribution in [0.25, 0.3) is 0 Å². The van der Waals surface area contributed by atoms with Crippen molar-refractivity contribution >= 4 is 35.1 Å². The van der Waals surface area contributed by atoms with Crippen LogP contribution in [-0.4, -0.2) is 106 Å². The number of fused-ring (bicyclic) bond motifs is 1. The minimum absolute atomic E-state index is 0.297. The van der Waals surface area contributed by atoms with Gasteiger partial charge in [-0.3, -0.25) is 28.8 Å². The molecule has 2 aliphatic rings. The summed E-state index contributed by atoms with van der Waals surface area (Å²) in [4.78, 5) is 79.1. The average molecular weight is 576 g/mol. The maximum atomic E-state index is 15.6. The Balaban J connectivity index is 2.66. The lowest BCUT2D eigenvalue weighted by molar-refractivity contribution is -0.192. The van der Waals surface area contributed by atoms with Crippen molar-refractivity contribution in [3.63, 3.8) is 0 Å². The van der Waals surface area contributed by atoms with Crippen LogP contribution in [0.5, 0.6) is 0 Å². The highest BCUT2D eigenvalue weighted by molar-refractivity contribution is 6.22. The molecule has 226 valence electrons. The highest BCUT2D eigenvalue weighted by Crippen LogP contribution is 2.48. The van der Waals surface area contributed by atoms with E-state index in [0.29, 0.717) is 0 Å². The van der Waals surface area contributed by atoms with Crippen molar-refractivity contribution in [2.24, 2.45) is 17.4 Å². The maximum absolute atomic E-state index is 15.6. The lowest BCUT2D eigenvalue weighted by Gasteiger charge is -2.49. The van der Waals surface area contributed by atoms with Crippen molar-refractivity contribution in [1.29, 1.82) is 0 Å². The van der Waals surface area contributed by atoms with Crippen molar-refractivity contribution in [3.05, 3.63) is 0 Å². The minimum atomic E-state index is -3.91. The quantitative estimate of drug-likeness (QED) is 0.174. The van der Waals surface area contributed by atoms with E-state index >= 15 is 4.39 Å². The van der Waals surface area contributed by atoms with Gasteiger partial charge in [-0.25, -0.2) is 8.78 Å². The fourth-order valence-corrected chi connectivity index (χ4v) is 5.49. The number of likely N-dealkylation sites (tertiary alicyclic amines) is 1. The van der Waals surface area contributed by atoms with E-state index in [-0.39, 0.29) is 19.4 Å². The molecular formula is C25H39F2N5O8. The van der Waals surface area contributed by atoms with E-state index in [4.69, 9.17) is 16.2 Å². The van der Waals surface area contributed by atoms with E-state index in [9.17, 15) is 38.3 Å². The molecule has 40 heavy (non-hydrogen) atoms. The Hall–Kier alpha value is -2.88. The fraction of sp³-hybridized carbons (Fsp3) is 0.760. The van der Waals surface area contributed by atoms with E-state index in [0.717, 1.165) is 18.9 Å². The van der Waals surface area contributed by atoms with Crippen LogP contribution in [-0.2, 0) is 33.5 Å². The average Bonchev–Trinajstić information content (AvgIpc) is 3.25. The van der Waals surface area contributed by atoms with E-state index < -0.39 is 94.7 Å². The number of ether oxygens (including phenoxy) is 1. The summed E-state index contributed by atoms with van der Waals surface area (Å²) >= 11 is 0. The van der Waals surface area contributed by atoms with Crippen LogP contribution >= 0.6 is 0 Å². The summed E-state index contributed by atoms with van der Waals surface area (Å²) in [5.41, 5.74) is 6.11. The molecule has 15 heteroatoms. The van der Waals surface area contributed by atoms with E-state index in [2.05, 4.69) is 10.6 Å². The van der Waals surface area contributed by atoms with Gasteiger partial charge in [-0.2, -0.15) is 0 Å². The molecule has 0 aromatic heterocycles. The Bertz CT molecular complexity index is 1070. The first-order valence-electron chi connectivity index (χ1n) is 13.0. The first kappa shape index (κ1) is 33.3. The molecule has 1 aliphatic heterocycles. The number of nitrogens with zero attached hydrogens (tertiary/aromatic N) is 1. The van der Waals surface area contributed by atoms with Gasteiger partial charge >= 0.3 is 0 Å². The van der Waals surface area contributed by atoms with Crippen LogP contribution < -0.4 is 22.1 Å². The number of hydrogen-bond donors (Lipinski definition) is 5. The van der Waals surface area contributed by atoms with Gasteiger partial charge in [0, 0.05) is 32.9 Å². The van der Waals surface area contributed by atoms with Crippen LogP contribution in [0.4, 0.5) is 8.78 Å². The van der Waals surface area contributed by atoms with Crippen molar-refractivity contribution in [2.75, 3.05) is 13.7 Å². The second-order valence-electron chi connectivity index (χ2n) is 10.8. The van der Waals surface area contributed by atoms with Crippen molar-refractivity contribution < 1.29 is 47.4 Å². The number of halogens is 2. The zero-order valence-electron chi connectivity index (χ0n) is 23.5. The fourth-order valence-electron chi connectivity index (χ4n) is 5.49. The molecule has 13 nitrogen and oxygen atoms in total. The van der Waals surface area contributed by atoms with Gasteiger partial charge in [0.2, 0.25) is 17.4 Å². The molecule has 2 rings (SSSR count). The van der Waals surface area contributed by atoms with E-state index in [1.54, 1.807) is 0 Å². The number of rotatable bonds is 11. The Labute approximate surface area is 230 Å². The number of nitrogens with two attached hydrogens (primary N) is 2. The van der Waals surface area contributed by atoms with E-state index in [1.807, 2.05) is 0 Å². The molecule has 1 heterocycles. The molecule has 2 fully saturated rings. The minimum Gasteiger partial charge on any atom is -0.367 e. The summed E-state index contributed by atoms with van der Waals surface area (Å²) in [6.07, 6.45) is -4.06. The molecule has 8 atom stereocenters. The van der Waals surface area contributed by atoms with Crippen LogP contribution in [0.15, 0.2) is 0 Å². The highest BCUT2D eigenvalue weighted by Gasteiger charge is 2.75. The van der Waals surface area contributed by atoms with Crippen molar-refractivity contribution in [2.45, 2.75) is 101 Å². The highest BCUT2D eigenvalue weighted by atomic mass is 19.2. The predicted octanol–water partition coefficient (Wildman–Crippen LogP) is -1.82. The third kappa shape index (κ3) is 5.27. The monoisotopic (exact) mass is 575 g/mol. The molecular weight excluding hydrogens is 536 g/mol. The SMILES string of the molecule is COC12CCN(C(=O)[C@H](C)NC(=O)[C@H](C)N)[C@@]1(C(=O)NC(C(C)C)C(O)(F)C(F)C(N)C(C)=O)C(=O)CCC2=O. The van der Waals surface area contributed by atoms with Crippen LogP contribution in [0, 0.1) is 5.92 Å². The third-order valence-corrected chi connectivity index (χ3v) is 7.76. The second-order valence-corrected chi connectivity index (χ2v) is 10.8. The number of ketones is 3. The first-order valence-corrected chi connectivity index (χ1v) is 13.0. The second kappa shape index (κ2) is 11.9. The van der Waals surface area contributed by atoms with Gasteiger partial charge in [0.05, 0.1) is 12.1 Å². The number of aliphatic hydroxyl groups is 1. The lowest BCUT2D eigenvalue weighted by atomic mass is 9.66. The topological polar surface area (TPSA) is 211 Å². The number of Topliss-reactive ketones (excluding diaryl/α,β-unsaturated/α-hetero) is 3. The predicted molar refractivity (Wildman–Crippen MR) is 136 cm³/mol. The Kier molecular flexibility index (Phi) is 9.94. The number of methoxy groups -OCH3 is 1. The Morgan fingerprint density at radius 2 is 1.62 bits per heavy atom. The van der Waals surface area contributed by atoms with Crippen molar-refractivity contribution in [1.82, 2.24) is 15.5 Å². The molecule has 0 bridgehead atoms. The van der Waals surface area contributed by atoms with Gasteiger partial charge in [-0.1, -0.05) is 13.8 Å². The van der Waals surface area contributed by atoms with Gasteiger partial charge in [-0.05, 0) is 26.7 Å². The molecule has 1 saturated heterocycles. The largest absolute Gasteiger partial charge is 0.367 e. The molecule has 7 N–H and O–H groups in total. The Morgan fingerprint density at radius 1 is 1.07 bits per heavy atom. The van der Waals surface area contributed by atoms with Gasteiger partial charge in [0.1, 0.15) is 17.9 Å². The van der Waals surface area contributed by atoms with Crippen LogP contribution in [0.1, 0.15) is 53.9 Å². The summed E-state index contributed by atoms with van der Waals surface area (Å²) in [6.45, 7) is 5.84. The standard InChI is InChI=1S/C25H39F2N5O8/c1-11(2)19(25(27,39)18(26)17(29)14(5)33)31-22(38)24-16(35)8-7-15(34)23(24,40-6)9-10-32(24)21(37)13(4)30-20(36)12(3)28/h11-13,17-19,39H,7-10,28-29H2,1-6H3,(H,30,36)(H,31,38)/t12-,13-,17?,18?,19?,23?,24+,25?/m0/s1. The van der Waals surface area contributed by atoms with Gasteiger partial charge < -0.3 is 36.8 Å². The molecule has 0 aromatic rings. The summed E-state index contributed by atoms with van der Waals surface area (Å²) in [7, 11) is 1.07. The zero-order chi connectivity index (χ0) is 31.0. The first-order chi connectivity index (χ1) is 18.3. The Morgan fingerprint density at radius 3 is 2.10 bits per heavy atom. The smallest absolute Gasteiger partial charge is 0.260 e. The molecule has 1 saturated carbocycles.